The average Bonchev–Trinajstić information content (AvgIpc) is 2.54. The highest BCUT2D eigenvalue weighted by Gasteiger charge is 2.10. The number of hydrogen-bond donors (Lipinski definition) is 0. The molecule has 0 unspecified atom stereocenters. The average molecular weight is 280 g/mol. The summed E-state index contributed by atoms with van der Waals surface area (Å²) < 4.78 is 2.10. The first-order valence-corrected chi connectivity index (χ1v) is 7.43. The number of rotatable bonds is 3. The summed E-state index contributed by atoms with van der Waals surface area (Å²) in [4.78, 5) is 15.0. The molecule has 0 aliphatic rings. The molecule has 1 aromatic heterocycles. The molecule has 0 aliphatic heterocycles. The van der Waals surface area contributed by atoms with Crippen LogP contribution in [-0.4, -0.2) is 17.7 Å². The van der Waals surface area contributed by atoms with E-state index in [2.05, 4.69) is 35.4 Å². The van der Waals surface area contributed by atoms with Crippen molar-refractivity contribution in [2.75, 3.05) is 18.0 Å². The Hall–Kier alpha value is -2.29. The fourth-order valence-corrected chi connectivity index (χ4v) is 3.02. The van der Waals surface area contributed by atoms with Gasteiger partial charge in [-0.1, -0.05) is 12.1 Å². The van der Waals surface area contributed by atoms with E-state index in [1.165, 1.54) is 0 Å². The van der Waals surface area contributed by atoms with Gasteiger partial charge >= 0.3 is 0 Å². The van der Waals surface area contributed by atoms with Crippen LogP contribution < -0.4 is 10.3 Å². The molecule has 0 aliphatic carbocycles. The fourth-order valence-electron chi connectivity index (χ4n) is 3.02. The lowest BCUT2D eigenvalue weighted by Gasteiger charge is -2.21. The highest BCUT2D eigenvalue weighted by Crippen LogP contribution is 2.23. The van der Waals surface area contributed by atoms with Crippen LogP contribution in [0.25, 0.3) is 21.8 Å². The van der Waals surface area contributed by atoms with Gasteiger partial charge in [-0.05, 0) is 44.2 Å². The minimum atomic E-state index is 0.118. The summed E-state index contributed by atoms with van der Waals surface area (Å²) in [5.41, 5.74) is 3.19. The van der Waals surface area contributed by atoms with Crippen LogP contribution in [-0.2, 0) is 7.05 Å². The van der Waals surface area contributed by atoms with Crippen molar-refractivity contribution in [2.24, 2.45) is 7.05 Å². The number of pyridine rings is 1. The number of aryl methyl sites for hydroxylation is 1. The quantitative estimate of drug-likeness (QED) is 0.686. The number of hydrogen-bond acceptors (Lipinski definition) is 2. The van der Waals surface area contributed by atoms with Crippen LogP contribution in [0.2, 0.25) is 0 Å². The van der Waals surface area contributed by atoms with Gasteiger partial charge in [-0.15, -0.1) is 0 Å². The van der Waals surface area contributed by atoms with Crippen LogP contribution in [0.4, 0.5) is 5.69 Å². The molecule has 0 radical (unpaired) electrons. The number of para-hydroxylation sites is 1. The molecule has 21 heavy (non-hydrogen) atoms. The zero-order valence-corrected chi connectivity index (χ0v) is 12.8. The summed E-state index contributed by atoms with van der Waals surface area (Å²) in [5, 5.41) is 1.57. The molecule has 0 bridgehead atoms. The molecule has 0 N–H and O–H groups in total. The Morgan fingerprint density at radius 2 is 1.62 bits per heavy atom. The molecule has 0 saturated heterocycles. The number of fused-ring (bicyclic) bond motifs is 2. The van der Waals surface area contributed by atoms with Gasteiger partial charge in [0.1, 0.15) is 0 Å². The molecule has 3 heteroatoms. The molecule has 108 valence electrons. The van der Waals surface area contributed by atoms with Gasteiger partial charge in [-0.3, -0.25) is 4.79 Å². The van der Waals surface area contributed by atoms with Gasteiger partial charge < -0.3 is 9.47 Å². The molecular weight excluding hydrogens is 260 g/mol. The van der Waals surface area contributed by atoms with Crippen molar-refractivity contribution >= 4 is 27.5 Å². The van der Waals surface area contributed by atoms with Crippen molar-refractivity contribution in [1.82, 2.24) is 4.57 Å². The van der Waals surface area contributed by atoms with Gasteiger partial charge in [0.15, 0.2) is 5.43 Å². The molecule has 0 saturated carbocycles. The van der Waals surface area contributed by atoms with Gasteiger partial charge in [0.25, 0.3) is 0 Å². The van der Waals surface area contributed by atoms with Gasteiger partial charge in [0.05, 0.1) is 11.0 Å². The number of nitrogens with zero attached hydrogens (tertiary/aromatic N) is 2. The third-order valence-electron chi connectivity index (χ3n) is 4.22. The van der Waals surface area contributed by atoms with Crippen molar-refractivity contribution in [3.63, 3.8) is 0 Å². The number of anilines is 1. The SMILES string of the molecule is CCN(CC)c1ccc2c(c1)c(=O)c1ccccc1n2C. The second-order valence-corrected chi connectivity index (χ2v) is 5.28. The van der Waals surface area contributed by atoms with Gasteiger partial charge in [-0.25, -0.2) is 0 Å². The van der Waals surface area contributed by atoms with Crippen LogP contribution >= 0.6 is 0 Å². The maximum atomic E-state index is 12.8. The smallest absolute Gasteiger partial charge is 0.197 e. The van der Waals surface area contributed by atoms with Crippen LogP contribution in [0.15, 0.2) is 47.3 Å². The van der Waals surface area contributed by atoms with Crippen LogP contribution in [0.3, 0.4) is 0 Å². The van der Waals surface area contributed by atoms with Crippen molar-refractivity contribution in [3.8, 4) is 0 Å². The van der Waals surface area contributed by atoms with Crippen LogP contribution in [0, 0.1) is 0 Å². The molecule has 3 rings (SSSR count). The number of benzene rings is 2. The van der Waals surface area contributed by atoms with E-state index in [0.29, 0.717) is 0 Å². The molecule has 3 aromatic rings. The fraction of sp³-hybridized carbons (Fsp3) is 0.278. The third-order valence-corrected chi connectivity index (χ3v) is 4.22. The molecule has 1 heterocycles. The van der Waals surface area contributed by atoms with E-state index in [-0.39, 0.29) is 5.43 Å². The molecule has 2 aromatic carbocycles. The second-order valence-electron chi connectivity index (χ2n) is 5.28. The molecular formula is C18H20N2O. The van der Waals surface area contributed by atoms with E-state index < -0.39 is 0 Å². The van der Waals surface area contributed by atoms with Gasteiger partial charge in [0, 0.05) is 36.6 Å². The van der Waals surface area contributed by atoms with E-state index >= 15 is 0 Å². The number of aromatic nitrogens is 1. The summed E-state index contributed by atoms with van der Waals surface area (Å²) in [6, 6.07) is 14.0. The Balaban J connectivity index is 2.38. The van der Waals surface area contributed by atoms with Crippen LogP contribution in [0.5, 0.6) is 0 Å². The predicted octanol–water partition coefficient (Wildman–Crippen LogP) is 3.54. The standard InChI is InChI=1S/C18H20N2O/c1-4-20(5-2)13-10-11-17-15(12-13)18(21)14-8-6-7-9-16(14)19(17)3/h6-12H,4-5H2,1-3H3. The highest BCUT2D eigenvalue weighted by molar-refractivity contribution is 5.94. The topological polar surface area (TPSA) is 25.2 Å². The largest absolute Gasteiger partial charge is 0.372 e. The Morgan fingerprint density at radius 3 is 2.33 bits per heavy atom. The van der Waals surface area contributed by atoms with E-state index in [4.69, 9.17) is 0 Å². The van der Waals surface area contributed by atoms with E-state index in [9.17, 15) is 4.79 Å². The first-order chi connectivity index (χ1) is 10.2. The Morgan fingerprint density at radius 1 is 0.952 bits per heavy atom. The Kier molecular flexibility index (Phi) is 3.42. The summed E-state index contributed by atoms with van der Waals surface area (Å²) in [7, 11) is 2.02. The zero-order chi connectivity index (χ0) is 15.0. The van der Waals surface area contributed by atoms with Crippen molar-refractivity contribution < 1.29 is 0 Å². The first kappa shape index (κ1) is 13.7. The maximum Gasteiger partial charge on any atom is 0.197 e. The minimum absolute atomic E-state index is 0.118. The molecule has 0 spiro atoms. The highest BCUT2D eigenvalue weighted by atomic mass is 16.1. The minimum Gasteiger partial charge on any atom is -0.372 e. The third kappa shape index (κ3) is 2.09. The van der Waals surface area contributed by atoms with Crippen molar-refractivity contribution in [2.45, 2.75) is 13.8 Å². The van der Waals surface area contributed by atoms with Crippen LogP contribution in [0.1, 0.15) is 13.8 Å². The molecule has 0 fully saturated rings. The van der Waals surface area contributed by atoms with E-state index in [0.717, 1.165) is 40.6 Å². The summed E-state index contributed by atoms with van der Waals surface area (Å²) >= 11 is 0. The summed E-state index contributed by atoms with van der Waals surface area (Å²) in [6.07, 6.45) is 0. The van der Waals surface area contributed by atoms with Gasteiger partial charge in [-0.2, -0.15) is 0 Å². The lowest BCUT2D eigenvalue weighted by Crippen LogP contribution is -2.22. The summed E-state index contributed by atoms with van der Waals surface area (Å²) in [5.74, 6) is 0. The van der Waals surface area contributed by atoms with Gasteiger partial charge in [0.2, 0.25) is 0 Å². The monoisotopic (exact) mass is 280 g/mol. The van der Waals surface area contributed by atoms with E-state index in [1.807, 2.05) is 37.4 Å². The molecule has 0 atom stereocenters. The lowest BCUT2D eigenvalue weighted by molar-refractivity contribution is 0.867. The van der Waals surface area contributed by atoms with Crippen molar-refractivity contribution in [3.05, 3.63) is 52.7 Å². The van der Waals surface area contributed by atoms with Crippen molar-refractivity contribution in [1.29, 1.82) is 0 Å². The maximum absolute atomic E-state index is 12.8. The Bertz CT molecular complexity index is 860. The first-order valence-electron chi connectivity index (χ1n) is 7.43. The molecule has 3 nitrogen and oxygen atoms in total. The predicted molar refractivity (Wildman–Crippen MR) is 90.3 cm³/mol. The zero-order valence-electron chi connectivity index (χ0n) is 12.8. The molecule has 0 amide bonds. The summed E-state index contributed by atoms with van der Waals surface area (Å²) in [6.45, 7) is 6.14. The second kappa shape index (κ2) is 5.24. The van der Waals surface area contributed by atoms with E-state index in [1.54, 1.807) is 0 Å². The normalized spacial score (nSPS) is 11.2. The lowest BCUT2D eigenvalue weighted by atomic mass is 10.1. The Labute approximate surface area is 124 Å².